The van der Waals surface area contributed by atoms with Crippen LogP contribution in [0.4, 0.5) is 11.4 Å². The van der Waals surface area contributed by atoms with Crippen LogP contribution in [0.5, 0.6) is 11.5 Å². The molecule has 3 aliphatic heterocycles. The Labute approximate surface area is 364 Å². The van der Waals surface area contributed by atoms with Crippen molar-refractivity contribution in [3.63, 3.8) is 0 Å². The maximum atomic E-state index is 13.9. The van der Waals surface area contributed by atoms with Crippen molar-refractivity contribution in [2.45, 2.75) is 43.1 Å². The number of nitrogens with zero attached hydrogens (tertiary/aromatic N) is 4. The van der Waals surface area contributed by atoms with Gasteiger partial charge in [-0.05, 0) is 85.7 Å². The number of rotatable bonds is 13. The summed E-state index contributed by atoms with van der Waals surface area (Å²) in [7, 11) is -4.56. The maximum absolute atomic E-state index is 13.9. The van der Waals surface area contributed by atoms with Crippen molar-refractivity contribution in [1.82, 2.24) is 19.6 Å². The van der Waals surface area contributed by atoms with Crippen LogP contribution in [0.1, 0.15) is 47.2 Å². The van der Waals surface area contributed by atoms with Gasteiger partial charge in [-0.2, -0.15) is 0 Å². The number of piperazine rings is 1. The summed E-state index contributed by atoms with van der Waals surface area (Å²) < 4.78 is 52.5. The number of benzene rings is 3. The number of H-pyrrole nitrogens is 1. The molecular weight excluding hydrogens is 836 g/mol. The Balaban J connectivity index is 0.926. The second kappa shape index (κ2) is 17.8. The van der Waals surface area contributed by atoms with Gasteiger partial charge in [-0.15, -0.1) is 0 Å². The van der Waals surface area contributed by atoms with E-state index in [1.54, 1.807) is 24.4 Å². The highest BCUT2D eigenvalue weighted by molar-refractivity contribution is 7.90. The Kier molecular flexibility index (Phi) is 12.0. The minimum atomic E-state index is -4.56. The number of amides is 1. The van der Waals surface area contributed by atoms with Crippen molar-refractivity contribution in [3.05, 3.63) is 123 Å². The smallest absolute Gasteiger partial charge is 0.273 e. The molecule has 4 aliphatic rings. The van der Waals surface area contributed by atoms with Gasteiger partial charge in [-0.25, -0.2) is 18.1 Å². The van der Waals surface area contributed by atoms with Crippen molar-refractivity contribution in [2.24, 2.45) is 5.41 Å². The Morgan fingerprint density at radius 3 is 2.58 bits per heavy atom. The van der Waals surface area contributed by atoms with E-state index < -0.39 is 25.7 Å². The maximum Gasteiger partial charge on any atom is 0.273 e. The van der Waals surface area contributed by atoms with Crippen LogP contribution in [-0.4, -0.2) is 106 Å². The molecule has 3 aromatic carbocycles. The van der Waals surface area contributed by atoms with Gasteiger partial charge >= 0.3 is 0 Å². The van der Waals surface area contributed by atoms with Crippen LogP contribution in [0.15, 0.2) is 95.7 Å². The molecule has 17 heteroatoms. The monoisotopic (exact) mass is 882 g/mol. The average Bonchev–Trinajstić information content (AvgIpc) is 3.74. The highest BCUT2D eigenvalue weighted by Crippen LogP contribution is 2.48. The van der Waals surface area contributed by atoms with Crippen LogP contribution in [0.2, 0.25) is 5.02 Å². The van der Waals surface area contributed by atoms with Gasteiger partial charge in [-0.1, -0.05) is 35.4 Å². The number of sulfonamides is 1. The van der Waals surface area contributed by atoms with E-state index in [4.69, 9.17) is 30.5 Å². The number of ether oxygens (including phenoxy) is 4. The first-order valence-corrected chi connectivity index (χ1v) is 22.7. The van der Waals surface area contributed by atoms with Crippen LogP contribution in [0.25, 0.3) is 16.6 Å². The lowest BCUT2D eigenvalue weighted by Crippen LogP contribution is -2.48. The van der Waals surface area contributed by atoms with Crippen LogP contribution in [0.3, 0.4) is 0 Å². The molecule has 2 aromatic heterocycles. The molecular formula is C45H47ClN6O9S. The van der Waals surface area contributed by atoms with Crippen molar-refractivity contribution >= 4 is 55.5 Å². The second-order valence-corrected chi connectivity index (χ2v) is 18.6. The number of nitro benzene ring substituents is 1. The first kappa shape index (κ1) is 42.0. The number of anilines is 1. The number of aryl methyl sites for hydroxylation is 1. The Morgan fingerprint density at radius 1 is 1.02 bits per heavy atom. The lowest BCUT2D eigenvalue weighted by Gasteiger charge is -2.46. The molecule has 5 aromatic rings. The minimum absolute atomic E-state index is 0.0421. The third-order valence-electron chi connectivity index (χ3n) is 12.3. The standard InChI is InChI=1S/C45H47ClN6O9S/c46-34-5-1-30(2-6-34)40-24-45(28-59-29-45)13-11-33(40)26-50-15-17-51(18-16-50)35-7-10-39(42(22-35)61-37-21-32-12-14-47-43(32)48-25-37)44(53)49-62(56,57)38-9-4-31(41(23-38)52(54)55)3-8-36-27-58-19-20-60-36/h1-2,4-7,9-10,12,14,21-23,25,36H,3,8,11,13,15-20,24,26-29H2,(H,47,48)(H,49,53)/t36-/m1/s1. The number of allylic oxidation sites excluding steroid dienone is 1. The zero-order valence-corrected chi connectivity index (χ0v) is 35.6. The average molecular weight is 883 g/mol. The van der Waals surface area contributed by atoms with E-state index in [1.165, 1.54) is 41.1 Å². The molecule has 324 valence electrons. The number of fused-ring (bicyclic) bond motifs is 1. The quantitative estimate of drug-likeness (QED) is 0.0902. The normalized spacial score (nSPS) is 19.4. The van der Waals surface area contributed by atoms with Crippen molar-refractivity contribution in [2.75, 3.05) is 70.7 Å². The van der Waals surface area contributed by atoms with E-state index >= 15 is 0 Å². The number of nitro groups is 1. The van der Waals surface area contributed by atoms with Crippen LogP contribution < -0.4 is 14.4 Å². The molecule has 1 amide bonds. The molecule has 5 heterocycles. The SMILES string of the molecule is O=C(NS(=O)(=O)c1ccc(CC[C@@H]2COCCO2)c([N+](=O)[O-])c1)c1ccc(N2CCN(CC3=C(c4ccc(Cl)cc4)CC4(CC3)COC4)CC2)cc1Oc1cnc2[nH]ccc2c1. The van der Waals surface area contributed by atoms with E-state index in [-0.39, 0.29) is 34.9 Å². The highest BCUT2D eigenvalue weighted by atomic mass is 35.5. The fourth-order valence-corrected chi connectivity index (χ4v) is 9.90. The number of carbonyl (C=O) groups excluding carboxylic acids is 1. The molecule has 3 saturated heterocycles. The van der Waals surface area contributed by atoms with Crippen LogP contribution >= 0.6 is 11.6 Å². The summed E-state index contributed by atoms with van der Waals surface area (Å²) in [6, 6.07) is 20.5. The Hall–Kier alpha value is -5.36. The molecule has 0 saturated carbocycles. The molecule has 62 heavy (non-hydrogen) atoms. The first-order valence-electron chi connectivity index (χ1n) is 20.8. The van der Waals surface area contributed by atoms with Crippen LogP contribution in [-0.2, 0) is 30.7 Å². The summed E-state index contributed by atoms with van der Waals surface area (Å²) in [4.78, 5) is 37.1. The van der Waals surface area contributed by atoms with Gasteiger partial charge in [0.1, 0.15) is 17.1 Å². The number of aromatic amines is 1. The largest absolute Gasteiger partial charge is 0.455 e. The predicted octanol–water partition coefficient (Wildman–Crippen LogP) is 7.16. The molecule has 0 radical (unpaired) electrons. The molecule has 3 fully saturated rings. The molecule has 15 nitrogen and oxygen atoms in total. The summed E-state index contributed by atoms with van der Waals surface area (Å²) in [5.74, 6) is -0.487. The summed E-state index contributed by atoms with van der Waals surface area (Å²) in [5.41, 5.74) is 5.69. The molecule has 1 spiro atoms. The van der Waals surface area contributed by atoms with Gasteiger partial charge < -0.3 is 28.8 Å². The number of aromatic nitrogens is 2. The molecule has 2 N–H and O–H groups in total. The number of nitrogens with one attached hydrogen (secondary N) is 2. The second-order valence-electron chi connectivity index (χ2n) is 16.5. The van der Waals surface area contributed by atoms with Crippen molar-refractivity contribution < 1.29 is 37.1 Å². The number of halogens is 1. The summed E-state index contributed by atoms with van der Waals surface area (Å²) >= 11 is 6.26. The van der Waals surface area contributed by atoms with Crippen molar-refractivity contribution in [1.29, 1.82) is 0 Å². The molecule has 1 atom stereocenters. The molecule has 0 unspecified atom stereocenters. The van der Waals surface area contributed by atoms with E-state index in [9.17, 15) is 23.3 Å². The number of pyridine rings is 1. The number of hydrogen-bond donors (Lipinski definition) is 2. The zero-order chi connectivity index (χ0) is 42.8. The van der Waals surface area contributed by atoms with E-state index in [2.05, 4.69) is 36.6 Å². The Bertz CT molecular complexity index is 2620. The summed E-state index contributed by atoms with van der Waals surface area (Å²) in [5, 5.41) is 13.6. The topological polar surface area (TPSA) is 178 Å². The van der Waals surface area contributed by atoms with Crippen molar-refractivity contribution in [3.8, 4) is 11.5 Å². The lowest BCUT2D eigenvalue weighted by atomic mass is 9.69. The fourth-order valence-electron chi connectivity index (χ4n) is 8.79. The predicted molar refractivity (Wildman–Crippen MR) is 233 cm³/mol. The minimum Gasteiger partial charge on any atom is -0.455 e. The van der Waals surface area contributed by atoms with Crippen LogP contribution in [0, 0.1) is 15.5 Å². The van der Waals surface area contributed by atoms with E-state index in [1.807, 2.05) is 18.2 Å². The van der Waals surface area contributed by atoms with Gasteiger partial charge in [0.2, 0.25) is 0 Å². The third-order valence-corrected chi connectivity index (χ3v) is 13.9. The zero-order valence-electron chi connectivity index (χ0n) is 34.0. The summed E-state index contributed by atoms with van der Waals surface area (Å²) in [6.45, 7) is 6.86. The molecule has 0 bridgehead atoms. The third kappa shape index (κ3) is 9.21. The van der Waals surface area contributed by atoms with Gasteiger partial charge in [-0.3, -0.25) is 19.8 Å². The Morgan fingerprint density at radius 2 is 1.84 bits per heavy atom. The number of carbonyl (C=O) groups is 1. The van der Waals surface area contributed by atoms with Gasteiger partial charge in [0.25, 0.3) is 21.6 Å². The molecule has 1 aliphatic carbocycles. The summed E-state index contributed by atoms with van der Waals surface area (Å²) in [6.07, 6.45) is 6.96. The lowest BCUT2D eigenvalue weighted by molar-refractivity contribution is -0.385. The first-order chi connectivity index (χ1) is 30.0. The van der Waals surface area contributed by atoms with Gasteiger partial charge in [0.15, 0.2) is 0 Å². The van der Waals surface area contributed by atoms with Gasteiger partial charge in [0.05, 0.1) is 60.7 Å². The molecule has 9 rings (SSSR count). The van der Waals surface area contributed by atoms with E-state index in [0.29, 0.717) is 56.3 Å². The van der Waals surface area contributed by atoms with E-state index in [0.717, 1.165) is 74.3 Å². The van der Waals surface area contributed by atoms with Gasteiger partial charge in [0, 0.05) is 78.1 Å². The number of hydrogen-bond acceptors (Lipinski definition) is 12. The highest BCUT2D eigenvalue weighted by Gasteiger charge is 2.42. The fraction of sp³-hybridized carbons (Fsp3) is 0.378.